The molecule has 7 nitrogen and oxygen atoms in total. The van der Waals surface area contributed by atoms with Crippen molar-refractivity contribution in [3.63, 3.8) is 0 Å². The van der Waals surface area contributed by atoms with Crippen molar-refractivity contribution < 1.29 is 5.11 Å². The fourth-order valence-corrected chi connectivity index (χ4v) is 4.92. The maximum absolute atomic E-state index is 13.1. The van der Waals surface area contributed by atoms with E-state index in [1.54, 1.807) is 10.9 Å². The van der Waals surface area contributed by atoms with Gasteiger partial charge in [0.25, 0.3) is 5.56 Å². The van der Waals surface area contributed by atoms with Gasteiger partial charge in [0.15, 0.2) is 5.65 Å². The van der Waals surface area contributed by atoms with Crippen LogP contribution in [0, 0.1) is 0 Å². The Hall–Kier alpha value is -2.48. The van der Waals surface area contributed by atoms with Gasteiger partial charge < -0.3 is 15.0 Å². The van der Waals surface area contributed by atoms with Crippen molar-refractivity contribution in [3.05, 3.63) is 58.8 Å². The zero-order valence-electron chi connectivity index (χ0n) is 18.0. The third-order valence-corrected chi connectivity index (χ3v) is 6.71. The highest BCUT2D eigenvalue weighted by molar-refractivity contribution is 5.77. The second-order valence-electron chi connectivity index (χ2n) is 9.08. The minimum Gasteiger partial charge on any atom is -0.388 e. The standard InChI is InChI=1S/C24H31N5O2/c30-23-21-7-14-29(20-6-4-5-19(15-20)16-27-12-2-1-3-13-27)22(21)26-18-28(23)17-24(31)8-10-25-11-9-24/h4-7,14-15,18,25,31H,1-3,8-13,16-17H2. The molecule has 0 spiro atoms. The lowest BCUT2D eigenvalue weighted by Gasteiger charge is -2.32. The number of piperidine rings is 2. The molecule has 2 aromatic heterocycles. The maximum Gasteiger partial charge on any atom is 0.262 e. The summed E-state index contributed by atoms with van der Waals surface area (Å²) < 4.78 is 3.55. The van der Waals surface area contributed by atoms with E-state index in [1.165, 1.54) is 37.9 Å². The van der Waals surface area contributed by atoms with E-state index in [-0.39, 0.29) is 12.1 Å². The van der Waals surface area contributed by atoms with Crippen LogP contribution in [0.2, 0.25) is 0 Å². The summed E-state index contributed by atoms with van der Waals surface area (Å²) in [5, 5.41) is 14.7. The van der Waals surface area contributed by atoms with E-state index in [2.05, 4.69) is 39.5 Å². The van der Waals surface area contributed by atoms with Crippen LogP contribution >= 0.6 is 0 Å². The van der Waals surface area contributed by atoms with Crippen LogP contribution in [0.25, 0.3) is 16.7 Å². The molecule has 0 aliphatic carbocycles. The number of benzene rings is 1. The van der Waals surface area contributed by atoms with Gasteiger partial charge in [0, 0.05) is 18.4 Å². The molecule has 4 heterocycles. The molecule has 2 aliphatic rings. The van der Waals surface area contributed by atoms with E-state index in [9.17, 15) is 9.90 Å². The van der Waals surface area contributed by atoms with E-state index in [0.717, 1.165) is 25.3 Å². The Labute approximate surface area is 182 Å². The van der Waals surface area contributed by atoms with E-state index >= 15 is 0 Å². The predicted octanol–water partition coefficient (Wildman–Crippen LogP) is 2.29. The van der Waals surface area contributed by atoms with Crippen molar-refractivity contribution >= 4 is 11.0 Å². The Morgan fingerprint density at radius 3 is 2.71 bits per heavy atom. The van der Waals surface area contributed by atoms with Gasteiger partial charge in [0.2, 0.25) is 0 Å². The Morgan fingerprint density at radius 2 is 1.90 bits per heavy atom. The first-order valence-electron chi connectivity index (χ1n) is 11.4. The largest absolute Gasteiger partial charge is 0.388 e. The number of nitrogens with one attached hydrogen (secondary N) is 1. The Morgan fingerprint density at radius 1 is 1.10 bits per heavy atom. The quantitative estimate of drug-likeness (QED) is 0.661. The third-order valence-electron chi connectivity index (χ3n) is 6.71. The lowest BCUT2D eigenvalue weighted by Crippen LogP contribution is -2.46. The smallest absolute Gasteiger partial charge is 0.262 e. The molecule has 1 aromatic carbocycles. The van der Waals surface area contributed by atoms with Gasteiger partial charge in [-0.2, -0.15) is 0 Å². The number of likely N-dealkylation sites (tertiary alicyclic amines) is 1. The fourth-order valence-electron chi connectivity index (χ4n) is 4.92. The first-order valence-corrected chi connectivity index (χ1v) is 11.4. The first kappa shape index (κ1) is 20.4. The van der Waals surface area contributed by atoms with Gasteiger partial charge in [0.1, 0.15) is 6.33 Å². The number of aromatic nitrogens is 3. The van der Waals surface area contributed by atoms with Crippen LogP contribution in [-0.4, -0.2) is 55.9 Å². The van der Waals surface area contributed by atoms with Crippen LogP contribution in [0.5, 0.6) is 0 Å². The van der Waals surface area contributed by atoms with Crippen molar-refractivity contribution in [1.82, 2.24) is 24.3 Å². The molecule has 0 unspecified atom stereocenters. The second kappa shape index (κ2) is 8.57. The average molecular weight is 422 g/mol. The monoisotopic (exact) mass is 421 g/mol. The minimum absolute atomic E-state index is 0.0971. The van der Waals surface area contributed by atoms with Gasteiger partial charge in [-0.05, 0) is 75.6 Å². The molecule has 0 radical (unpaired) electrons. The van der Waals surface area contributed by atoms with Gasteiger partial charge in [-0.1, -0.05) is 18.6 Å². The number of fused-ring (bicyclic) bond motifs is 1. The molecular formula is C24H31N5O2. The molecule has 2 saturated heterocycles. The number of rotatable bonds is 5. The molecule has 2 N–H and O–H groups in total. The SMILES string of the molecule is O=c1c2ccn(-c3cccc(CN4CCCCC4)c3)c2ncn1CC1(O)CCNCC1. The molecule has 7 heteroatoms. The van der Waals surface area contributed by atoms with E-state index in [1.807, 2.05) is 16.8 Å². The lowest BCUT2D eigenvalue weighted by atomic mass is 9.92. The number of nitrogens with zero attached hydrogens (tertiary/aromatic N) is 4. The maximum atomic E-state index is 13.1. The van der Waals surface area contributed by atoms with Gasteiger partial charge in [-0.3, -0.25) is 14.3 Å². The summed E-state index contributed by atoms with van der Waals surface area (Å²) in [4.78, 5) is 20.2. The number of aliphatic hydroxyl groups is 1. The third kappa shape index (κ3) is 4.31. The van der Waals surface area contributed by atoms with E-state index in [0.29, 0.717) is 23.9 Å². The summed E-state index contributed by atoms with van der Waals surface area (Å²) in [6.45, 7) is 5.12. The molecule has 0 atom stereocenters. The minimum atomic E-state index is -0.851. The lowest BCUT2D eigenvalue weighted by molar-refractivity contribution is -0.00627. The van der Waals surface area contributed by atoms with Crippen LogP contribution in [0.1, 0.15) is 37.7 Å². The molecule has 2 fully saturated rings. The van der Waals surface area contributed by atoms with Gasteiger partial charge in [-0.25, -0.2) is 4.98 Å². The van der Waals surface area contributed by atoms with Crippen LogP contribution in [0.4, 0.5) is 0 Å². The fraction of sp³-hybridized carbons (Fsp3) is 0.500. The molecule has 0 amide bonds. The summed E-state index contributed by atoms with van der Waals surface area (Å²) in [7, 11) is 0. The predicted molar refractivity (Wildman–Crippen MR) is 122 cm³/mol. The summed E-state index contributed by atoms with van der Waals surface area (Å²) in [5.74, 6) is 0. The second-order valence-corrected chi connectivity index (χ2v) is 9.08. The topological polar surface area (TPSA) is 75.3 Å². The van der Waals surface area contributed by atoms with Crippen molar-refractivity contribution in [2.45, 2.75) is 50.8 Å². The van der Waals surface area contributed by atoms with Gasteiger partial charge in [0.05, 0.1) is 17.5 Å². The normalized spacial score (nSPS) is 19.6. The average Bonchev–Trinajstić information content (AvgIpc) is 3.22. The molecule has 0 saturated carbocycles. The van der Waals surface area contributed by atoms with E-state index < -0.39 is 5.60 Å². The number of hydrogen-bond donors (Lipinski definition) is 2. The highest BCUT2D eigenvalue weighted by atomic mass is 16.3. The summed E-state index contributed by atoms with van der Waals surface area (Å²) in [6, 6.07) is 10.3. The molecule has 164 valence electrons. The Bertz CT molecular complexity index is 1110. The number of hydrogen-bond acceptors (Lipinski definition) is 5. The van der Waals surface area contributed by atoms with Crippen LogP contribution in [0.15, 0.2) is 47.7 Å². The highest BCUT2D eigenvalue weighted by Crippen LogP contribution is 2.22. The van der Waals surface area contributed by atoms with Crippen molar-refractivity contribution in [2.75, 3.05) is 26.2 Å². The molecule has 0 bridgehead atoms. The van der Waals surface area contributed by atoms with Gasteiger partial charge >= 0.3 is 0 Å². The van der Waals surface area contributed by atoms with Crippen molar-refractivity contribution in [1.29, 1.82) is 0 Å². The summed E-state index contributed by atoms with van der Waals surface area (Å²) in [5.41, 5.74) is 2.01. The summed E-state index contributed by atoms with van der Waals surface area (Å²) >= 11 is 0. The zero-order chi connectivity index (χ0) is 21.3. The first-order chi connectivity index (χ1) is 15.1. The van der Waals surface area contributed by atoms with Crippen molar-refractivity contribution in [3.8, 4) is 5.69 Å². The Kier molecular flexibility index (Phi) is 5.65. The molecule has 3 aromatic rings. The van der Waals surface area contributed by atoms with Gasteiger partial charge in [-0.15, -0.1) is 0 Å². The van der Waals surface area contributed by atoms with E-state index in [4.69, 9.17) is 0 Å². The van der Waals surface area contributed by atoms with Crippen LogP contribution in [-0.2, 0) is 13.1 Å². The molecule has 31 heavy (non-hydrogen) atoms. The zero-order valence-corrected chi connectivity index (χ0v) is 18.0. The van der Waals surface area contributed by atoms with Crippen LogP contribution in [0.3, 0.4) is 0 Å². The van der Waals surface area contributed by atoms with Crippen LogP contribution < -0.4 is 10.9 Å². The molecule has 5 rings (SSSR count). The Balaban J connectivity index is 1.42. The summed E-state index contributed by atoms with van der Waals surface area (Å²) in [6.07, 6.45) is 8.68. The molecular weight excluding hydrogens is 390 g/mol. The highest BCUT2D eigenvalue weighted by Gasteiger charge is 2.30. The van der Waals surface area contributed by atoms with Crippen molar-refractivity contribution in [2.24, 2.45) is 0 Å². The molecule has 2 aliphatic heterocycles.